The lowest BCUT2D eigenvalue weighted by atomic mass is 9.93. The number of para-hydroxylation sites is 1. The van der Waals surface area contributed by atoms with Crippen molar-refractivity contribution in [2.24, 2.45) is 0 Å². The van der Waals surface area contributed by atoms with E-state index in [1.165, 1.54) is 0 Å². The van der Waals surface area contributed by atoms with Crippen LogP contribution in [0.1, 0.15) is 35.8 Å². The van der Waals surface area contributed by atoms with Crippen LogP contribution in [0.4, 0.5) is 0 Å². The quantitative estimate of drug-likeness (QED) is 0.875. The van der Waals surface area contributed by atoms with Crippen LogP contribution in [0.5, 0.6) is 0 Å². The Kier molecular flexibility index (Phi) is 3.41. The predicted molar refractivity (Wildman–Crippen MR) is 82.2 cm³/mol. The first-order chi connectivity index (χ1) is 9.96. The lowest BCUT2D eigenvalue weighted by Crippen LogP contribution is -2.45. The second-order valence-electron chi connectivity index (χ2n) is 6.12. The van der Waals surface area contributed by atoms with Crippen LogP contribution in [0.25, 0.3) is 10.9 Å². The van der Waals surface area contributed by atoms with Gasteiger partial charge in [-0.1, -0.05) is 18.2 Å². The molecule has 1 aromatic carbocycles. The smallest absolute Gasteiger partial charge is 0.254 e. The summed E-state index contributed by atoms with van der Waals surface area (Å²) in [6, 6.07) is 9.59. The fourth-order valence-electron chi connectivity index (χ4n) is 2.85. The summed E-state index contributed by atoms with van der Waals surface area (Å²) in [6.07, 6.45) is 1.25. The first-order valence-corrected chi connectivity index (χ1v) is 7.34. The number of aromatic nitrogens is 1. The summed E-state index contributed by atoms with van der Waals surface area (Å²) in [6.45, 7) is 4.94. The van der Waals surface area contributed by atoms with Gasteiger partial charge in [0.2, 0.25) is 0 Å². The van der Waals surface area contributed by atoms with Gasteiger partial charge in [-0.15, -0.1) is 0 Å². The first-order valence-electron chi connectivity index (χ1n) is 7.34. The molecule has 110 valence electrons. The normalized spacial score (nSPS) is 18.0. The maximum absolute atomic E-state index is 12.8. The Hall–Kier alpha value is -1.94. The number of hydrogen-bond acceptors (Lipinski definition) is 3. The van der Waals surface area contributed by atoms with E-state index in [1.54, 1.807) is 0 Å². The minimum absolute atomic E-state index is 0.0344. The summed E-state index contributed by atoms with van der Waals surface area (Å²) in [5, 5.41) is 10.9. The van der Waals surface area contributed by atoms with Gasteiger partial charge in [-0.25, -0.2) is 0 Å². The molecule has 1 fully saturated rings. The third kappa shape index (κ3) is 2.76. The number of benzene rings is 1. The number of carbonyl (C=O) groups excluding carboxylic acids is 1. The van der Waals surface area contributed by atoms with Crippen molar-refractivity contribution in [3.8, 4) is 0 Å². The molecule has 1 aliphatic heterocycles. The molecule has 0 spiro atoms. The molecule has 0 radical (unpaired) electrons. The summed E-state index contributed by atoms with van der Waals surface area (Å²) in [5.41, 5.74) is 1.76. The number of piperidine rings is 1. The maximum Gasteiger partial charge on any atom is 0.254 e. The Bertz CT molecular complexity index is 684. The lowest BCUT2D eigenvalue weighted by molar-refractivity contribution is -0.00197. The highest BCUT2D eigenvalue weighted by Crippen LogP contribution is 2.25. The second-order valence-corrected chi connectivity index (χ2v) is 6.12. The van der Waals surface area contributed by atoms with Crippen LogP contribution in [0.15, 0.2) is 30.3 Å². The van der Waals surface area contributed by atoms with E-state index >= 15 is 0 Å². The van der Waals surface area contributed by atoms with Crippen molar-refractivity contribution in [1.29, 1.82) is 0 Å². The molecule has 2 heterocycles. The summed E-state index contributed by atoms with van der Waals surface area (Å²) >= 11 is 0. The van der Waals surface area contributed by atoms with E-state index < -0.39 is 5.60 Å². The number of nitrogens with zero attached hydrogens (tertiary/aromatic N) is 2. The monoisotopic (exact) mass is 284 g/mol. The van der Waals surface area contributed by atoms with Crippen molar-refractivity contribution < 1.29 is 9.90 Å². The van der Waals surface area contributed by atoms with Gasteiger partial charge in [-0.2, -0.15) is 0 Å². The molecule has 0 bridgehead atoms. The largest absolute Gasteiger partial charge is 0.390 e. The molecule has 4 nitrogen and oxygen atoms in total. The molecule has 1 amide bonds. The zero-order chi connectivity index (χ0) is 15.0. The van der Waals surface area contributed by atoms with Gasteiger partial charge in [-0.05, 0) is 38.8 Å². The molecule has 1 aromatic heterocycles. The molecule has 1 aliphatic rings. The number of likely N-dealkylation sites (tertiary alicyclic amines) is 1. The average Bonchev–Trinajstić information content (AvgIpc) is 2.45. The molecular formula is C17H20N2O2. The number of amides is 1. The Morgan fingerprint density at radius 1 is 1.29 bits per heavy atom. The molecule has 0 unspecified atom stereocenters. The summed E-state index contributed by atoms with van der Waals surface area (Å²) in [4.78, 5) is 19.1. The first kappa shape index (κ1) is 14.0. The Morgan fingerprint density at radius 2 is 1.95 bits per heavy atom. The van der Waals surface area contributed by atoms with Gasteiger partial charge in [0.05, 0.1) is 16.7 Å². The molecule has 1 N–H and O–H groups in total. The van der Waals surface area contributed by atoms with E-state index in [9.17, 15) is 9.90 Å². The fraction of sp³-hybridized carbons (Fsp3) is 0.412. The molecule has 3 rings (SSSR count). The molecular weight excluding hydrogens is 264 g/mol. The molecule has 0 saturated carbocycles. The number of hydrogen-bond donors (Lipinski definition) is 1. The van der Waals surface area contributed by atoms with Crippen molar-refractivity contribution in [2.75, 3.05) is 13.1 Å². The highest BCUT2D eigenvalue weighted by Gasteiger charge is 2.30. The molecule has 2 aromatic rings. The van der Waals surface area contributed by atoms with Gasteiger partial charge in [0.15, 0.2) is 0 Å². The van der Waals surface area contributed by atoms with Crippen LogP contribution in [0, 0.1) is 6.92 Å². The van der Waals surface area contributed by atoms with E-state index in [0.29, 0.717) is 31.5 Å². The zero-order valence-corrected chi connectivity index (χ0v) is 12.5. The Balaban J connectivity index is 1.95. The van der Waals surface area contributed by atoms with Gasteiger partial charge in [0.25, 0.3) is 5.91 Å². The standard InChI is InChI=1S/C17H20N2O2/c1-12-11-14(13-5-3-4-6-15(13)18-12)16(20)19-9-7-17(2,21)8-10-19/h3-6,11,21H,7-10H2,1-2H3. The third-order valence-corrected chi connectivity index (χ3v) is 4.20. The topological polar surface area (TPSA) is 53.4 Å². The van der Waals surface area contributed by atoms with Gasteiger partial charge in [-0.3, -0.25) is 9.78 Å². The van der Waals surface area contributed by atoms with Crippen molar-refractivity contribution in [2.45, 2.75) is 32.3 Å². The van der Waals surface area contributed by atoms with Gasteiger partial charge in [0.1, 0.15) is 0 Å². The molecule has 1 saturated heterocycles. The number of fused-ring (bicyclic) bond motifs is 1. The summed E-state index contributed by atoms with van der Waals surface area (Å²) < 4.78 is 0. The van der Waals surface area contributed by atoms with Gasteiger partial charge < -0.3 is 10.0 Å². The van der Waals surface area contributed by atoms with Crippen molar-refractivity contribution in [1.82, 2.24) is 9.88 Å². The van der Waals surface area contributed by atoms with E-state index in [-0.39, 0.29) is 5.91 Å². The van der Waals surface area contributed by atoms with E-state index in [1.807, 2.05) is 49.1 Å². The Morgan fingerprint density at radius 3 is 2.67 bits per heavy atom. The summed E-state index contributed by atoms with van der Waals surface area (Å²) in [5.74, 6) is 0.0344. The second kappa shape index (κ2) is 5.11. The number of pyridine rings is 1. The molecule has 4 heteroatoms. The lowest BCUT2D eigenvalue weighted by Gasteiger charge is -2.36. The SMILES string of the molecule is Cc1cc(C(=O)N2CCC(C)(O)CC2)c2ccccc2n1. The highest BCUT2D eigenvalue weighted by atomic mass is 16.3. The van der Waals surface area contributed by atoms with Crippen LogP contribution in [-0.4, -0.2) is 39.6 Å². The van der Waals surface area contributed by atoms with Crippen LogP contribution < -0.4 is 0 Å². The molecule has 0 aliphatic carbocycles. The maximum atomic E-state index is 12.8. The van der Waals surface area contributed by atoms with E-state index in [2.05, 4.69) is 4.98 Å². The fourth-order valence-corrected chi connectivity index (χ4v) is 2.85. The zero-order valence-electron chi connectivity index (χ0n) is 12.5. The minimum Gasteiger partial charge on any atom is -0.390 e. The predicted octanol–water partition coefficient (Wildman–Crippen LogP) is 2.53. The average molecular weight is 284 g/mol. The van der Waals surface area contributed by atoms with Gasteiger partial charge >= 0.3 is 0 Å². The number of aryl methyl sites for hydroxylation is 1. The Labute approximate surface area is 124 Å². The van der Waals surface area contributed by atoms with E-state index in [4.69, 9.17) is 0 Å². The number of carbonyl (C=O) groups is 1. The van der Waals surface area contributed by atoms with Gasteiger partial charge in [0, 0.05) is 24.2 Å². The van der Waals surface area contributed by atoms with Crippen LogP contribution in [-0.2, 0) is 0 Å². The molecule has 21 heavy (non-hydrogen) atoms. The van der Waals surface area contributed by atoms with Crippen molar-refractivity contribution in [3.63, 3.8) is 0 Å². The van der Waals surface area contributed by atoms with Crippen molar-refractivity contribution >= 4 is 16.8 Å². The van der Waals surface area contributed by atoms with Crippen LogP contribution >= 0.6 is 0 Å². The van der Waals surface area contributed by atoms with E-state index in [0.717, 1.165) is 16.6 Å². The van der Waals surface area contributed by atoms with Crippen LogP contribution in [0.2, 0.25) is 0 Å². The van der Waals surface area contributed by atoms with Crippen LogP contribution in [0.3, 0.4) is 0 Å². The number of rotatable bonds is 1. The third-order valence-electron chi connectivity index (χ3n) is 4.20. The number of aliphatic hydroxyl groups is 1. The van der Waals surface area contributed by atoms with Crippen molar-refractivity contribution in [3.05, 3.63) is 41.6 Å². The summed E-state index contributed by atoms with van der Waals surface area (Å²) in [7, 11) is 0. The minimum atomic E-state index is -0.646. The highest BCUT2D eigenvalue weighted by molar-refractivity contribution is 6.06. The molecule has 0 atom stereocenters.